The van der Waals surface area contributed by atoms with Crippen LogP contribution in [0.25, 0.3) is 10.9 Å². The van der Waals surface area contributed by atoms with Gasteiger partial charge in [-0.2, -0.15) is 5.10 Å². The number of H-pyrrole nitrogens is 1. The number of aliphatic carboxylic acids is 1. The Kier molecular flexibility index (Phi) is 1.70. The van der Waals surface area contributed by atoms with Crippen LogP contribution in [0.3, 0.4) is 0 Å². The Morgan fingerprint density at radius 3 is 3.21 bits per heavy atom. The third-order valence-electron chi connectivity index (χ3n) is 2.51. The van der Waals surface area contributed by atoms with Gasteiger partial charge in [0.2, 0.25) is 0 Å². The molecule has 19 heavy (non-hydrogen) atoms. The minimum Gasteiger partial charge on any atom is -0.481 e. The lowest BCUT2D eigenvalue weighted by Crippen LogP contribution is -2.01. The molecule has 0 fully saturated rings. The van der Waals surface area contributed by atoms with E-state index >= 15 is 0 Å². The highest BCUT2D eigenvalue weighted by atomic mass is 16.4. The summed E-state index contributed by atoms with van der Waals surface area (Å²) in [5.41, 5.74) is 0.0303. The predicted octanol–water partition coefficient (Wildman–Crippen LogP) is 1.43. The maximum absolute atomic E-state index is 11.0. The number of carboxylic acid groups (broad SMARTS) is 1. The molecule has 6 heteroatoms. The first kappa shape index (κ1) is 7.08. The Labute approximate surface area is 115 Å². The van der Waals surface area contributed by atoms with Crippen molar-refractivity contribution in [3.63, 3.8) is 0 Å². The third kappa shape index (κ3) is 2.33. The number of benzene rings is 1. The first-order valence-electron chi connectivity index (χ1n) is 7.92. The second kappa shape index (κ2) is 4.56. The monoisotopic (exact) mass is 261 g/mol. The lowest BCUT2D eigenvalue weighted by atomic mass is 10.1. The molecule has 3 aromatic rings. The molecule has 0 aliphatic heterocycles. The van der Waals surface area contributed by atoms with Gasteiger partial charge < -0.3 is 10.1 Å². The molecule has 0 aliphatic carbocycles. The van der Waals surface area contributed by atoms with Crippen molar-refractivity contribution in [3.05, 3.63) is 48.1 Å². The summed E-state index contributed by atoms with van der Waals surface area (Å²) in [6, 6.07) is -1.11. The number of hydrogen-bond donors (Lipinski definition) is 2. The second-order valence-corrected chi connectivity index (χ2v) is 3.84. The van der Waals surface area contributed by atoms with E-state index in [0.29, 0.717) is 0 Å². The zero-order valence-corrected chi connectivity index (χ0v) is 9.64. The summed E-state index contributed by atoms with van der Waals surface area (Å²) in [5, 5.41) is 12.8. The van der Waals surface area contributed by atoms with E-state index in [1.54, 1.807) is 0 Å². The largest absolute Gasteiger partial charge is 0.481 e. The predicted molar refractivity (Wildman–Crippen MR) is 68.8 cm³/mol. The van der Waals surface area contributed by atoms with Gasteiger partial charge in [0.1, 0.15) is 12.7 Å². The Balaban J connectivity index is 2.34. The number of hydrogen-bond acceptors (Lipinski definition) is 3. The van der Waals surface area contributed by atoms with E-state index in [1.165, 1.54) is 6.20 Å². The van der Waals surface area contributed by atoms with Crippen molar-refractivity contribution in [1.82, 2.24) is 19.7 Å². The molecule has 0 aliphatic rings. The van der Waals surface area contributed by atoms with Crippen LogP contribution in [-0.4, -0.2) is 30.8 Å². The van der Waals surface area contributed by atoms with E-state index in [1.807, 2.05) is 0 Å². The molecule has 0 bridgehead atoms. The van der Waals surface area contributed by atoms with Gasteiger partial charge in [-0.25, -0.2) is 9.67 Å². The molecule has 0 saturated heterocycles. The first-order valence-corrected chi connectivity index (χ1v) is 5.42. The van der Waals surface area contributed by atoms with E-state index in [4.69, 9.17) is 12.0 Å². The van der Waals surface area contributed by atoms with Crippen LogP contribution in [0.5, 0.6) is 0 Å². The van der Waals surface area contributed by atoms with Crippen molar-refractivity contribution in [2.75, 3.05) is 0 Å². The molecule has 96 valence electrons. The molecule has 2 aromatic heterocycles. The quantitative estimate of drug-likeness (QED) is 0.744. The molecule has 0 saturated carbocycles. The highest BCUT2D eigenvalue weighted by Gasteiger charge is 2.08. The lowest BCUT2D eigenvalue weighted by molar-refractivity contribution is -0.136. The molecule has 2 heterocycles. The SMILES string of the molecule is [2H]c1c(C([2H])([2H])n2cncn2)c([2H])c2c(CC(=O)O)c[nH]c2c1[2H]. The van der Waals surface area contributed by atoms with Crippen LogP contribution in [-0.2, 0) is 17.7 Å². The lowest BCUT2D eigenvalue weighted by Gasteiger charge is -2.02. The molecule has 0 spiro atoms. The molecule has 0 amide bonds. The number of rotatable bonds is 4. The van der Waals surface area contributed by atoms with Crippen molar-refractivity contribution in [2.24, 2.45) is 0 Å². The third-order valence-corrected chi connectivity index (χ3v) is 2.51. The van der Waals surface area contributed by atoms with Gasteiger partial charge >= 0.3 is 5.97 Å². The standard InChI is InChI=1S/C13H12N4O2/c18-13(19)4-10-5-15-12-2-1-9(3-11(10)12)6-17-8-14-7-16-17/h1-3,5,7-8,15H,4,6H2,(H,18,19)/i1D,2D,3D,6D2. The molecule has 1 aromatic carbocycles. The molecule has 2 N–H and O–H groups in total. The van der Waals surface area contributed by atoms with Crippen LogP contribution in [0.2, 0.25) is 0 Å². The fourth-order valence-electron chi connectivity index (χ4n) is 1.73. The van der Waals surface area contributed by atoms with E-state index in [2.05, 4.69) is 15.1 Å². The van der Waals surface area contributed by atoms with Crippen molar-refractivity contribution in [2.45, 2.75) is 12.9 Å². The van der Waals surface area contributed by atoms with Gasteiger partial charge in [0.25, 0.3) is 0 Å². The summed E-state index contributed by atoms with van der Waals surface area (Å²) in [6.07, 6.45) is 3.22. The van der Waals surface area contributed by atoms with Crippen molar-refractivity contribution in [3.8, 4) is 0 Å². The highest BCUT2D eigenvalue weighted by molar-refractivity contribution is 5.87. The Hall–Kier alpha value is -2.63. The van der Waals surface area contributed by atoms with E-state index in [-0.39, 0.29) is 40.5 Å². The number of carbonyl (C=O) groups is 1. The van der Waals surface area contributed by atoms with Gasteiger partial charge in [-0.1, -0.05) is 6.04 Å². The number of fused-ring (bicyclic) bond motifs is 1. The van der Waals surface area contributed by atoms with Gasteiger partial charge in [0, 0.05) is 17.1 Å². The summed E-state index contributed by atoms with van der Waals surface area (Å²) in [6.45, 7) is -2.38. The zero-order chi connectivity index (χ0) is 17.6. The molecular weight excluding hydrogens is 244 g/mol. The minimum atomic E-state index is -2.38. The molecule has 0 radical (unpaired) electrons. The van der Waals surface area contributed by atoms with Crippen molar-refractivity contribution >= 4 is 16.9 Å². The minimum absolute atomic E-state index is 0.123. The smallest absolute Gasteiger partial charge is 0.307 e. The highest BCUT2D eigenvalue weighted by Crippen LogP contribution is 2.20. The molecular formula is C13H12N4O2. The van der Waals surface area contributed by atoms with Gasteiger partial charge in [0.05, 0.1) is 19.8 Å². The first-order chi connectivity index (χ1) is 11.2. The van der Waals surface area contributed by atoms with Crippen LogP contribution in [0.15, 0.2) is 37.0 Å². The summed E-state index contributed by atoms with van der Waals surface area (Å²) >= 11 is 0. The Morgan fingerprint density at radius 2 is 2.47 bits per heavy atom. The molecule has 3 rings (SSSR count). The van der Waals surface area contributed by atoms with Crippen LogP contribution in [0, 0.1) is 0 Å². The van der Waals surface area contributed by atoms with Crippen LogP contribution in [0.1, 0.15) is 18.0 Å². The summed E-state index contributed by atoms with van der Waals surface area (Å²) in [5.74, 6) is -1.11. The van der Waals surface area contributed by atoms with Gasteiger partial charge in [-0.3, -0.25) is 4.79 Å². The van der Waals surface area contributed by atoms with Crippen LogP contribution < -0.4 is 0 Å². The summed E-state index contributed by atoms with van der Waals surface area (Å²) in [7, 11) is 0. The second-order valence-electron chi connectivity index (χ2n) is 3.84. The molecule has 6 nitrogen and oxygen atoms in total. The summed E-state index contributed by atoms with van der Waals surface area (Å²) in [4.78, 5) is 17.4. The normalized spacial score (nSPS) is 15.5. The van der Waals surface area contributed by atoms with E-state index in [0.717, 1.165) is 17.3 Å². The van der Waals surface area contributed by atoms with Gasteiger partial charge in [-0.15, -0.1) is 0 Å². The average molecular weight is 261 g/mol. The van der Waals surface area contributed by atoms with Gasteiger partial charge in [-0.05, 0) is 23.2 Å². The van der Waals surface area contributed by atoms with Crippen molar-refractivity contribution < 1.29 is 16.8 Å². The van der Waals surface area contributed by atoms with E-state index in [9.17, 15) is 4.79 Å². The van der Waals surface area contributed by atoms with E-state index < -0.39 is 18.5 Å². The topological polar surface area (TPSA) is 83.8 Å². The summed E-state index contributed by atoms with van der Waals surface area (Å²) < 4.78 is 41.8. The number of nitrogens with zero attached hydrogens (tertiary/aromatic N) is 3. The Bertz CT molecular complexity index is 936. The molecule has 0 unspecified atom stereocenters. The Morgan fingerprint density at radius 1 is 1.58 bits per heavy atom. The average Bonchev–Trinajstić information content (AvgIpc) is 3.14. The van der Waals surface area contributed by atoms with Crippen LogP contribution in [0.4, 0.5) is 0 Å². The maximum atomic E-state index is 11.0. The fraction of sp³-hybridized carbons (Fsp3) is 0.154. The molecule has 0 atom stereocenters. The van der Waals surface area contributed by atoms with Crippen LogP contribution >= 0.6 is 0 Å². The number of aromatic amines is 1. The fourth-order valence-corrected chi connectivity index (χ4v) is 1.73. The van der Waals surface area contributed by atoms with Crippen molar-refractivity contribution in [1.29, 1.82) is 0 Å². The number of carboxylic acids is 1. The number of aromatic nitrogens is 4. The van der Waals surface area contributed by atoms with Gasteiger partial charge in [0.15, 0.2) is 0 Å². The maximum Gasteiger partial charge on any atom is 0.307 e. The zero-order valence-electron chi connectivity index (χ0n) is 14.6. The number of nitrogens with one attached hydrogen (secondary N) is 1.